The molecule has 0 saturated carbocycles. The number of aldehydes is 1. The number of primary sulfonamides is 1. The quantitative estimate of drug-likeness (QED) is 0.806. The number of sulfonamides is 1. The summed E-state index contributed by atoms with van der Waals surface area (Å²) in [5.41, 5.74) is 0.256. The van der Waals surface area contributed by atoms with Gasteiger partial charge in [0.1, 0.15) is 0 Å². The maximum atomic E-state index is 10.9. The van der Waals surface area contributed by atoms with Crippen LogP contribution in [0.4, 0.5) is 0 Å². The zero-order valence-electron chi connectivity index (χ0n) is 6.40. The van der Waals surface area contributed by atoms with Crippen LogP contribution in [0.3, 0.4) is 0 Å². The molecule has 1 aromatic carbocycles. The third-order valence-electron chi connectivity index (χ3n) is 1.42. The van der Waals surface area contributed by atoms with E-state index in [4.69, 9.17) is 5.14 Å². The van der Waals surface area contributed by atoms with E-state index in [9.17, 15) is 13.2 Å². The van der Waals surface area contributed by atoms with Gasteiger partial charge in [-0.05, 0) is 18.2 Å². The monoisotopic (exact) mass is 263 g/mol. The first-order valence-electron chi connectivity index (χ1n) is 3.22. The molecule has 0 heterocycles. The SMILES string of the molecule is NS(=O)(=O)c1ccc(Br)c(C=O)c1. The van der Waals surface area contributed by atoms with Gasteiger partial charge in [-0.3, -0.25) is 4.79 Å². The van der Waals surface area contributed by atoms with E-state index >= 15 is 0 Å². The molecule has 0 spiro atoms. The lowest BCUT2D eigenvalue weighted by Gasteiger charge is -2.00. The molecule has 6 heteroatoms. The second-order valence-electron chi connectivity index (χ2n) is 2.35. The van der Waals surface area contributed by atoms with Crippen LogP contribution in [-0.2, 0) is 10.0 Å². The predicted octanol–water partition coefficient (Wildman–Crippen LogP) is 0.909. The summed E-state index contributed by atoms with van der Waals surface area (Å²) in [6.45, 7) is 0. The molecule has 70 valence electrons. The van der Waals surface area contributed by atoms with Gasteiger partial charge in [0.05, 0.1) is 4.90 Å². The van der Waals surface area contributed by atoms with Crippen LogP contribution in [0.2, 0.25) is 0 Å². The van der Waals surface area contributed by atoms with Crippen molar-refractivity contribution in [3.63, 3.8) is 0 Å². The number of rotatable bonds is 2. The van der Waals surface area contributed by atoms with Gasteiger partial charge in [0.25, 0.3) is 0 Å². The molecule has 1 rings (SSSR count). The Morgan fingerprint density at radius 3 is 2.46 bits per heavy atom. The van der Waals surface area contributed by atoms with Crippen LogP contribution in [-0.4, -0.2) is 14.7 Å². The van der Waals surface area contributed by atoms with E-state index < -0.39 is 10.0 Å². The number of halogens is 1. The van der Waals surface area contributed by atoms with Crippen molar-refractivity contribution >= 4 is 32.2 Å². The molecule has 0 radical (unpaired) electrons. The molecule has 0 atom stereocenters. The Morgan fingerprint density at radius 2 is 2.00 bits per heavy atom. The molecule has 0 aromatic heterocycles. The van der Waals surface area contributed by atoms with Gasteiger partial charge in [0.15, 0.2) is 6.29 Å². The van der Waals surface area contributed by atoms with Gasteiger partial charge in [-0.25, -0.2) is 13.6 Å². The van der Waals surface area contributed by atoms with Crippen molar-refractivity contribution in [2.45, 2.75) is 4.90 Å². The molecule has 0 aliphatic carbocycles. The summed E-state index contributed by atoms with van der Waals surface area (Å²) in [5.74, 6) is 0. The predicted molar refractivity (Wildman–Crippen MR) is 50.9 cm³/mol. The van der Waals surface area contributed by atoms with E-state index in [1.54, 1.807) is 0 Å². The second-order valence-corrected chi connectivity index (χ2v) is 4.76. The fraction of sp³-hybridized carbons (Fsp3) is 0. The average molecular weight is 264 g/mol. The highest BCUT2D eigenvalue weighted by Crippen LogP contribution is 2.18. The summed E-state index contributed by atoms with van der Waals surface area (Å²) in [6, 6.07) is 4.00. The smallest absolute Gasteiger partial charge is 0.238 e. The van der Waals surface area contributed by atoms with E-state index in [1.165, 1.54) is 18.2 Å². The molecular weight excluding hydrogens is 258 g/mol. The zero-order valence-corrected chi connectivity index (χ0v) is 8.80. The average Bonchev–Trinajstić information content (AvgIpc) is 2.03. The summed E-state index contributed by atoms with van der Waals surface area (Å²) >= 11 is 3.09. The Labute approximate surface area is 83.9 Å². The van der Waals surface area contributed by atoms with Crippen molar-refractivity contribution in [2.75, 3.05) is 0 Å². The first kappa shape index (κ1) is 10.4. The number of carbonyl (C=O) groups excluding carboxylic acids is 1. The van der Waals surface area contributed by atoms with Crippen molar-refractivity contribution in [3.05, 3.63) is 28.2 Å². The Kier molecular flexibility index (Phi) is 2.84. The molecule has 2 N–H and O–H groups in total. The third-order valence-corrected chi connectivity index (χ3v) is 3.06. The Hall–Kier alpha value is -0.720. The lowest BCUT2D eigenvalue weighted by atomic mass is 10.2. The first-order chi connectivity index (χ1) is 5.95. The minimum absolute atomic E-state index is 0.0715. The van der Waals surface area contributed by atoms with Gasteiger partial charge in [-0.15, -0.1) is 0 Å². The van der Waals surface area contributed by atoms with Crippen molar-refractivity contribution in [3.8, 4) is 0 Å². The number of benzene rings is 1. The number of hydrogen-bond acceptors (Lipinski definition) is 3. The fourth-order valence-electron chi connectivity index (χ4n) is 0.789. The standard InChI is InChI=1S/C7H6BrNO3S/c8-7-2-1-6(13(9,11)12)3-5(7)4-10/h1-4H,(H2,9,11,12). The topological polar surface area (TPSA) is 77.2 Å². The molecule has 1 aromatic rings. The van der Waals surface area contributed by atoms with Gasteiger partial charge < -0.3 is 0 Å². The van der Waals surface area contributed by atoms with Gasteiger partial charge in [-0.2, -0.15) is 0 Å². The molecule has 0 bridgehead atoms. The van der Waals surface area contributed by atoms with Crippen LogP contribution in [0, 0.1) is 0 Å². The lowest BCUT2D eigenvalue weighted by Crippen LogP contribution is -2.12. The van der Waals surface area contributed by atoms with Crippen LogP contribution in [0.15, 0.2) is 27.6 Å². The highest BCUT2D eigenvalue weighted by molar-refractivity contribution is 9.10. The van der Waals surface area contributed by atoms with Crippen molar-refractivity contribution in [2.24, 2.45) is 5.14 Å². The van der Waals surface area contributed by atoms with Crippen LogP contribution in [0.25, 0.3) is 0 Å². The third kappa shape index (κ3) is 2.36. The molecular formula is C7H6BrNO3S. The Balaban J connectivity index is 3.38. The number of nitrogens with two attached hydrogens (primary N) is 1. The molecule has 0 unspecified atom stereocenters. The second kappa shape index (κ2) is 3.57. The molecule has 0 saturated heterocycles. The van der Waals surface area contributed by atoms with Crippen LogP contribution >= 0.6 is 15.9 Å². The largest absolute Gasteiger partial charge is 0.298 e. The normalized spacial score (nSPS) is 11.2. The summed E-state index contributed by atoms with van der Waals surface area (Å²) in [6.07, 6.45) is 0.554. The zero-order chi connectivity index (χ0) is 10.1. The summed E-state index contributed by atoms with van der Waals surface area (Å²) < 4.78 is 22.3. The van der Waals surface area contributed by atoms with Crippen LogP contribution in [0.1, 0.15) is 10.4 Å². The van der Waals surface area contributed by atoms with Gasteiger partial charge in [0, 0.05) is 10.0 Å². The van der Waals surface area contributed by atoms with E-state index in [2.05, 4.69) is 15.9 Å². The maximum Gasteiger partial charge on any atom is 0.238 e. The molecule has 0 fully saturated rings. The maximum absolute atomic E-state index is 10.9. The van der Waals surface area contributed by atoms with E-state index in [-0.39, 0.29) is 10.5 Å². The van der Waals surface area contributed by atoms with Crippen molar-refractivity contribution in [1.29, 1.82) is 0 Å². The van der Waals surface area contributed by atoms with Crippen molar-refractivity contribution in [1.82, 2.24) is 0 Å². The molecule has 0 aliphatic heterocycles. The van der Waals surface area contributed by atoms with Crippen LogP contribution in [0.5, 0.6) is 0 Å². The highest BCUT2D eigenvalue weighted by Gasteiger charge is 2.09. The molecule has 4 nitrogen and oxygen atoms in total. The van der Waals surface area contributed by atoms with Crippen molar-refractivity contribution < 1.29 is 13.2 Å². The number of carbonyl (C=O) groups is 1. The van der Waals surface area contributed by atoms with Crippen LogP contribution < -0.4 is 5.14 Å². The Morgan fingerprint density at radius 1 is 1.38 bits per heavy atom. The minimum Gasteiger partial charge on any atom is -0.298 e. The molecule has 13 heavy (non-hydrogen) atoms. The van der Waals surface area contributed by atoms with Gasteiger partial charge in [0.2, 0.25) is 10.0 Å². The summed E-state index contributed by atoms with van der Waals surface area (Å²) in [5, 5.41) is 4.87. The van der Waals surface area contributed by atoms with E-state index in [0.717, 1.165) is 0 Å². The van der Waals surface area contributed by atoms with Gasteiger partial charge >= 0.3 is 0 Å². The fourth-order valence-corrected chi connectivity index (χ4v) is 1.68. The summed E-state index contributed by atoms with van der Waals surface area (Å²) in [7, 11) is -3.73. The molecule has 0 aliphatic rings. The lowest BCUT2D eigenvalue weighted by molar-refractivity contribution is 0.112. The molecule has 0 amide bonds. The highest BCUT2D eigenvalue weighted by atomic mass is 79.9. The minimum atomic E-state index is -3.73. The van der Waals surface area contributed by atoms with E-state index in [1.807, 2.05) is 0 Å². The number of hydrogen-bond donors (Lipinski definition) is 1. The van der Waals surface area contributed by atoms with Gasteiger partial charge in [-0.1, -0.05) is 15.9 Å². The Bertz CT molecular complexity index is 441. The van der Waals surface area contributed by atoms with E-state index in [0.29, 0.717) is 10.8 Å². The summed E-state index contributed by atoms with van der Waals surface area (Å²) in [4.78, 5) is 10.4. The first-order valence-corrected chi connectivity index (χ1v) is 5.56.